The van der Waals surface area contributed by atoms with Gasteiger partial charge in [0.1, 0.15) is 6.04 Å². The number of aliphatic hydroxyl groups is 1. The number of hydrogen-bond donors (Lipinski definition) is 3. The van der Waals surface area contributed by atoms with E-state index in [1.165, 1.54) is 0 Å². The topological polar surface area (TPSA) is 95.5 Å². The lowest BCUT2D eigenvalue weighted by Gasteiger charge is -2.21. The molecule has 84 valence electrons. The molecule has 0 aromatic heterocycles. The first kappa shape index (κ1) is 11.6. The SMILES string of the molecule is O=C1CCC(NC(=O)CCCO)C(=O)N1. The number of amides is 3. The van der Waals surface area contributed by atoms with Gasteiger partial charge in [-0.05, 0) is 12.8 Å². The van der Waals surface area contributed by atoms with Gasteiger partial charge in [-0.3, -0.25) is 19.7 Å². The van der Waals surface area contributed by atoms with Crippen molar-refractivity contribution >= 4 is 17.7 Å². The molecule has 0 bridgehead atoms. The first-order chi connectivity index (χ1) is 7.13. The van der Waals surface area contributed by atoms with Crippen molar-refractivity contribution in [1.29, 1.82) is 0 Å². The largest absolute Gasteiger partial charge is 0.396 e. The highest BCUT2D eigenvalue weighted by Crippen LogP contribution is 2.04. The van der Waals surface area contributed by atoms with Crippen LogP contribution in [0.1, 0.15) is 25.7 Å². The van der Waals surface area contributed by atoms with Crippen LogP contribution >= 0.6 is 0 Å². The van der Waals surface area contributed by atoms with Crippen LogP contribution in [0.3, 0.4) is 0 Å². The Kier molecular flexibility index (Phi) is 4.23. The molecule has 3 N–H and O–H groups in total. The normalized spacial score (nSPS) is 21.0. The van der Waals surface area contributed by atoms with E-state index in [0.717, 1.165) is 0 Å². The van der Waals surface area contributed by atoms with Crippen LogP contribution in [0.25, 0.3) is 0 Å². The molecular formula is C9H14N2O4. The molecule has 1 heterocycles. The van der Waals surface area contributed by atoms with Crippen molar-refractivity contribution in [1.82, 2.24) is 10.6 Å². The maximum absolute atomic E-state index is 11.2. The zero-order valence-corrected chi connectivity index (χ0v) is 8.28. The fourth-order valence-electron chi connectivity index (χ4n) is 1.34. The highest BCUT2D eigenvalue weighted by Gasteiger charge is 2.27. The number of imide groups is 1. The second kappa shape index (κ2) is 5.45. The van der Waals surface area contributed by atoms with Gasteiger partial charge in [0.05, 0.1) is 0 Å². The molecule has 0 saturated carbocycles. The summed E-state index contributed by atoms with van der Waals surface area (Å²) < 4.78 is 0. The van der Waals surface area contributed by atoms with Crippen molar-refractivity contribution in [2.45, 2.75) is 31.7 Å². The van der Waals surface area contributed by atoms with Gasteiger partial charge in [0.25, 0.3) is 0 Å². The molecule has 1 aliphatic rings. The van der Waals surface area contributed by atoms with E-state index in [1.54, 1.807) is 0 Å². The molecule has 0 radical (unpaired) electrons. The number of nitrogens with one attached hydrogen (secondary N) is 2. The Morgan fingerprint density at radius 2 is 2.27 bits per heavy atom. The number of rotatable bonds is 4. The fraction of sp³-hybridized carbons (Fsp3) is 0.667. The first-order valence-corrected chi connectivity index (χ1v) is 4.87. The summed E-state index contributed by atoms with van der Waals surface area (Å²) >= 11 is 0. The maximum Gasteiger partial charge on any atom is 0.249 e. The Labute approximate surface area is 87.0 Å². The average Bonchev–Trinajstić information content (AvgIpc) is 2.19. The van der Waals surface area contributed by atoms with Gasteiger partial charge in [-0.25, -0.2) is 0 Å². The lowest BCUT2D eigenvalue weighted by Crippen LogP contribution is -2.52. The molecule has 1 rings (SSSR count). The molecule has 0 aromatic rings. The zero-order valence-electron chi connectivity index (χ0n) is 8.28. The Bertz CT molecular complexity index is 277. The van der Waals surface area contributed by atoms with Crippen molar-refractivity contribution in [3.05, 3.63) is 0 Å². The van der Waals surface area contributed by atoms with Crippen molar-refractivity contribution in [3.63, 3.8) is 0 Å². The number of carbonyl (C=O) groups is 3. The number of aliphatic hydroxyl groups excluding tert-OH is 1. The van der Waals surface area contributed by atoms with Gasteiger partial charge in [-0.2, -0.15) is 0 Å². The predicted molar refractivity (Wildman–Crippen MR) is 50.6 cm³/mol. The van der Waals surface area contributed by atoms with E-state index in [1.807, 2.05) is 0 Å². The summed E-state index contributed by atoms with van der Waals surface area (Å²) in [6.45, 7) is -0.0528. The van der Waals surface area contributed by atoms with Gasteiger partial charge in [-0.15, -0.1) is 0 Å². The summed E-state index contributed by atoms with van der Waals surface area (Å²) in [4.78, 5) is 33.2. The smallest absolute Gasteiger partial charge is 0.249 e. The Hall–Kier alpha value is -1.43. The molecule has 6 nitrogen and oxygen atoms in total. The van der Waals surface area contributed by atoms with E-state index in [4.69, 9.17) is 5.11 Å². The molecule has 15 heavy (non-hydrogen) atoms. The Balaban J connectivity index is 2.34. The lowest BCUT2D eigenvalue weighted by atomic mass is 10.1. The van der Waals surface area contributed by atoms with E-state index in [0.29, 0.717) is 12.8 Å². The van der Waals surface area contributed by atoms with Gasteiger partial charge >= 0.3 is 0 Å². The molecule has 1 fully saturated rings. The highest BCUT2D eigenvalue weighted by atomic mass is 16.3. The van der Waals surface area contributed by atoms with E-state index in [-0.39, 0.29) is 31.3 Å². The number of carbonyl (C=O) groups excluding carboxylic acids is 3. The average molecular weight is 214 g/mol. The summed E-state index contributed by atoms with van der Waals surface area (Å²) in [5, 5.41) is 13.2. The second-order valence-corrected chi connectivity index (χ2v) is 3.40. The molecule has 1 aliphatic heterocycles. The number of hydrogen-bond acceptors (Lipinski definition) is 4. The van der Waals surface area contributed by atoms with Crippen LogP contribution in [-0.2, 0) is 14.4 Å². The van der Waals surface area contributed by atoms with E-state index in [2.05, 4.69) is 10.6 Å². The van der Waals surface area contributed by atoms with Crippen LogP contribution < -0.4 is 10.6 Å². The molecule has 0 spiro atoms. The summed E-state index contributed by atoms with van der Waals surface area (Å²) in [6, 6.07) is -0.617. The van der Waals surface area contributed by atoms with E-state index < -0.39 is 11.9 Å². The fourth-order valence-corrected chi connectivity index (χ4v) is 1.34. The second-order valence-electron chi connectivity index (χ2n) is 3.40. The molecule has 0 aliphatic carbocycles. The lowest BCUT2D eigenvalue weighted by molar-refractivity contribution is -0.137. The van der Waals surface area contributed by atoms with Crippen molar-refractivity contribution in [2.24, 2.45) is 0 Å². The molecule has 6 heteroatoms. The first-order valence-electron chi connectivity index (χ1n) is 4.87. The van der Waals surface area contributed by atoms with Crippen LogP contribution in [0.15, 0.2) is 0 Å². The molecular weight excluding hydrogens is 200 g/mol. The van der Waals surface area contributed by atoms with Crippen molar-refractivity contribution in [3.8, 4) is 0 Å². The molecule has 0 aromatic carbocycles. The predicted octanol–water partition coefficient (Wildman–Crippen LogP) is -1.32. The quantitative estimate of drug-likeness (QED) is 0.506. The van der Waals surface area contributed by atoms with Gasteiger partial charge in [-0.1, -0.05) is 0 Å². The third kappa shape index (κ3) is 3.67. The van der Waals surface area contributed by atoms with Gasteiger partial charge in [0, 0.05) is 19.4 Å². The number of piperidine rings is 1. The van der Waals surface area contributed by atoms with E-state index >= 15 is 0 Å². The minimum atomic E-state index is -0.617. The molecule has 1 unspecified atom stereocenters. The summed E-state index contributed by atoms with van der Waals surface area (Å²) in [6.07, 6.45) is 1.15. The van der Waals surface area contributed by atoms with Gasteiger partial charge < -0.3 is 10.4 Å². The standard InChI is InChI=1S/C9H14N2O4/c12-5-1-2-7(13)10-6-3-4-8(14)11-9(6)15/h6,12H,1-5H2,(H,10,13)(H,11,14,15). The Morgan fingerprint density at radius 1 is 1.53 bits per heavy atom. The summed E-state index contributed by atoms with van der Waals surface area (Å²) in [5.41, 5.74) is 0. The monoisotopic (exact) mass is 214 g/mol. The maximum atomic E-state index is 11.2. The third-order valence-corrected chi connectivity index (χ3v) is 2.14. The van der Waals surface area contributed by atoms with Crippen LogP contribution in [0.2, 0.25) is 0 Å². The minimum absolute atomic E-state index is 0.0528. The van der Waals surface area contributed by atoms with Crippen LogP contribution in [-0.4, -0.2) is 35.5 Å². The zero-order chi connectivity index (χ0) is 11.3. The van der Waals surface area contributed by atoms with Crippen LogP contribution in [0.5, 0.6) is 0 Å². The Morgan fingerprint density at radius 3 is 2.87 bits per heavy atom. The highest BCUT2D eigenvalue weighted by molar-refractivity contribution is 6.01. The molecule has 1 saturated heterocycles. The van der Waals surface area contributed by atoms with Gasteiger partial charge in [0.15, 0.2) is 0 Å². The van der Waals surface area contributed by atoms with Crippen molar-refractivity contribution in [2.75, 3.05) is 6.61 Å². The van der Waals surface area contributed by atoms with Crippen molar-refractivity contribution < 1.29 is 19.5 Å². The third-order valence-electron chi connectivity index (χ3n) is 2.14. The van der Waals surface area contributed by atoms with Crippen LogP contribution in [0, 0.1) is 0 Å². The van der Waals surface area contributed by atoms with Gasteiger partial charge in [0.2, 0.25) is 17.7 Å². The summed E-state index contributed by atoms with van der Waals surface area (Å²) in [5.74, 6) is -1.04. The van der Waals surface area contributed by atoms with E-state index in [9.17, 15) is 14.4 Å². The molecule has 1 atom stereocenters. The molecule has 3 amide bonds. The minimum Gasteiger partial charge on any atom is -0.396 e. The van der Waals surface area contributed by atoms with Crippen LogP contribution in [0.4, 0.5) is 0 Å². The summed E-state index contributed by atoms with van der Waals surface area (Å²) in [7, 11) is 0.